The van der Waals surface area contributed by atoms with Crippen LogP contribution in [0.3, 0.4) is 0 Å². The first kappa shape index (κ1) is 54.0. The fourth-order valence-electron chi connectivity index (χ4n) is 8.65. The molecule has 2 rings (SSSR count). The molecule has 1 fully saturated rings. The van der Waals surface area contributed by atoms with Crippen LogP contribution >= 0.6 is 0 Å². The Labute approximate surface area is 369 Å². The number of hydrogen-bond donors (Lipinski definition) is 2. The molecule has 0 spiro atoms. The minimum atomic E-state index is -0.278. The van der Waals surface area contributed by atoms with E-state index in [0.29, 0.717) is 25.1 Å². The number of rotatable bonds is 45. The summed E-state index contributed by atoms with van der Waals surface area (Å²) in [6, 6.07) is 0. The first-order chi connectivity index (χ1) is 29.4. The lowest BCUT2D eigenvalue weighted by Crippen LogP contribution is -2.31. The summed E-state index contributed by atoms with van der Waals surface area (Å²) in [5.41, 5.74) is 1.61. The topological polar surface area (TPSA) is 110 Å². The number of unbranched alkanes of at least 4 members (excludes halogenated alkanes) is 24. The van der Waals surface area contributed by atoms with E-state index in [2.05, 4.69) is 36.3 Å². The van der Waals surface area contributed by atoms with Gasteiger partial charge in [-0.2, -0.15) is 0 Å². The van der Waals surface area contributed by atoms with Crippen molar-refractivity contribution in [1.29, 1.82) is 0 Å². The molecule has 60 heavy (non-hydrogen) atoms. The van der Waals surface area contributed by atoms with Gasteiger partial charge in [-0.1, -0.05) is 162 Å². The van der Waals surface area contributed by atoms with Crippen LogP contribution in [-0.2, 0) is 28.6 Å². The van der Waals surface area contributed by atoms with E-state index in [9.17, 15) is 14.4 Å². The molecular weight excluding hydrogens is 751 g/mol. The number of nitrogens with one attached hydrogen (secondary N) is 2. The molecule has 9 nitrogen and oxygen atoms in total. The number of Topliss-reactive ketones (excluding diaryl/α,β-unsaturated/α-hetero) is 1. The Balaban J connectivity index is 1.64. The van der Waals surface area contributed by atoms with Gasteiger partial charge in [0.05, 0.1) is 12.3 Å². The second kappa shape index (κ2) is 37.4. The Hall–Kier alpha value is -2.13. The predicted molar refractivity (Wildman–Crippen MR) is 249 cm³/mol. The standard InChI is InChI=1S/C51H95N3O6/c1-5-8-11-14-17-26-33-43-58-45(55)37-29-22-18-24-31-40-54(42-34-39-53-47-48(52-4)50-51(60-50)49(47)57)41-32-25-19-23-30-38-46(56)59-44(35-27-20-15-12-9-6-2)36-28-21-16-13-10-7-3/h44,50-53H,5-43H2,1-4H3. The highest BCUT2D eigenvalue weighted by molar-refractivity contribution is 6.05. The van der Waals surface area contributed by atoms with Crippen molar-refractivity contribution in [2.24, 2.45) is 0 Å². The van der Waals surface area contributed by atoms with Gasteiger partial charge in [-0.15, -0.1) is 0 Å². The van der Waals surface area contributed by atoms with Gasteiger partial charge in [0.2, 0.25) is 5.78 Å². The largest absolute Gasteiger partial charge is 0.466 e. The highest BCUT2D eigenvalue weighted by Gasteiger charge is 2.55. The van der Waals surface area contributed by atoms with Crippen molar-refractivity contribution in [3.63, 3.8) is 0 Å². The number of likely N-dealkylation sites (N-methyl/N-ethyl adjacent to an activating group) is 1. The summed E-state index contributed by atoms with van der Waals surface area (Å²) in [6.07, 6.45) is 38.7. The molecule has 0 aromatic heterocycles. The van der Waals surface area contributed by atoms with Crippen molar-refractivity contribution in [3.05, 3.63) is 11.4 Å². The molecule has 9 heteroatoms. The zero-order valence-electron chi connectivity index (χ0n) is 39.7. The van der Waals surface area contributed by atoms with Crippen LogP contribution in [0.2, 0.25) is 0 Å². The second-order valence-electron chi connectivity index (χ2n) is 18.1. The molecule has 1 aliphatic carbocycles. The number of esters is 2. The fraction of sp³-hybridized carbons (Fsp3) is 0.902. The highest BCUT2D eigenvalue weighted by Crippen LogP contribution is 2.37. The maximum absolute atomic E-state index is 12.9. The summed E-state index contributed by atoms with van der Waals surface area (Å²) in [5, 5.41) is 6.57. The maximum atomic E-state index is 12.9. The van der Waals surface area contributed by atoms with Crippen LogP contribution in [-0.4, -0.2) is 80.8 Å². The molecule has 1 aliphatic heterocycles. The van der Waals surface area contributed by atoms with Crippen molar-refractivity contribution in [3.8, 4) is 0 Å². The van der Waals surface area contributed by atoms with Gasteiger partial charge in [-0.25, -0.2) is 0 Å². The van der Waals surface area contributed by atoms with Crippen LogP contribution in [0.25, 0.3) is 0 Å². The second-order valence-corrected chi connectivity index (χ2v) is 18.1. The van der Waals surface area contributed by atoms with Crippen molar-refractivity contribution < 1.29 is 28.6 Å². The summed E-state index contributed by atoms with van der Waals surface area (Å²) in [7, 11) is 1.86. The molecular formula is C51H95N3O6. The molecule has 0 saturated carbocycles. The van der Waals surface area contributed by atoms with E-state index in [4.69, 9.17) is 14.2 Å². The molecule has 2 N–H and O–H groups in total. The highest BCUT2D eigenvalue weighted by atomic mass is 16.6. The van der Waals surface area contributed by atoms with Crippen molar-refractivity contribution in [2.45, 2.75) is 257 Å². The average Bonchev–Trinajstić information content (AvgIpc) is 3.99. The molecule has 0 radical (unpaired) electrons. The summed E-state index contributed by atoms with van der Waals surface area (Å²) >= 11 is 0. The van der Waals surface area contributed by atoms with E-state index in [0.717, 1.165) is 115 Å². The van der Waals surface area contributed by atoms with Crippen LogP contribution < -0.4 is 10.6 Å². The Bertz CT molecular complexity index is 1100. The zero-order chi connectivity index (χ0) is 43.3. The Morgan fingerprint density at radius 1 is 0.567 bits per heavy atom. The molecule has 0 bridgehead atoms. The smallest absolute Gasteiger partial charge is 0.306 e. The zero-order valence-corrected chi connectivity index (χ0v) is 39.7. The van der Waals surface area contributed by atoms with Gasteiger partial charge in [0.25, 0.3) is 0 Å². The molecule has 350 valence electrons. The minimum absolute atomic E-state index is 0.0111. The number of ether oxygens (including phenoxy) is 3. The van der Waals surface area contributed by atoms with Gasteiger partial charge in [-0.05, 0) is 83.8 Å². The average molecular weight is 846 g/mol. The van der Waals surface area contributed by atoms with E-state index < -0.39 is 0 Å². The Morgan fingerprint density at radius 2 is 1.02 bits per heavy atom. The van der Waals surface area contributed by atoms with E-state index in [1.54, 1.807) is 0 Å². The van der Waals surface area contributed by atoms with Gasteiger partial charge in [0.15, 0.2) is 6.10 Å². The number of nitrogens with zero attached hydrogens (tertiary/aromatic N) is 1. The third-order valence-corrected chi connectivity index (χ3v) is 12.6. The van der Waals surface area contributed by atoms with Crippen molar-refractivity contribution >= 4 is 17.7 Å². The third-order valence-electron chi connectivity index (χ3n) is 12.6. The molecule has 0 aromatic rings. The van der Waals surface area contributed by atoms with Gasteiger partial charge in [0.1, 0.15) is 17.9 Å². The molecule has 2 aliphatic rings. The molecule has 1 saturated heterocycles. The van der Waals surface area contributed by atoms with Crippen LogP contribution in [0, 0.1) is 0 Å². The van der Waals surface area contributed by atoms with Crippen LogP contribution in [0.5, 0.6) is 0 Å². The third kappa shape index (κ3) is 27.0. The van der Waals surface area contributed by atoms with Crippen LogP contribution in [0.4, 0.5) is 0 Å². The number of fused-ring (bicyclic) bond motifs is 1. The summed E-state index contributed by atoms with van der Waals surface area (Å²) < 4.78 is 17.0. The normalized spacial score (nSPS) is 15.9. The lowest BCUT2D eigenvalue weighted by Gasteiger charge is -2.23. The SMILES string of the molecule is CCCCCCCCCOC(=O)CCCCCCCN(CCCCCCCC(=O)OC(CCCCCCCC)CCCCCCCC)CCCNC1=C(NC)C2OC2C1=O. The Kier molecular flexibility index (Phi) is 33.7. The Morgan fingerprint density at radius 3 is 1.55 bits per heavy atom. The fourth-order valence-corrected chi connectivity index (χ4v) is 8.65. The minimum Gasteiger partial charge on any atom is -0.466 e. The van der Waals surface area contributed by atoms with E-state index >= 15 is 0 Å². The maximum Gasteiger partial charge on any atom is 0.306 e. The van der Waals surface area contributed by atoms with Crippen molar-refractivity contribution in [2.75, 3.05) is 39.8 Å². The van der Waals surface area contributed by atoms with Gasteiger partial charge in [-0.3, -0.25) is 14.4 Å². The first-order valence-corrected chi connectivity index (χ1v) is 25.9. The van der Waals surface area contributed by atoms with Gasteiger partial charge < -0.3 is 29.7 Å². The van der Waals surface area contributed by atoms with Crippen LogP contribution in [0.15, 0.2) is 11.4 Å². The van der Waals surface area contributed by atoms with Gasteiger partial charge >= 0.3 is 11.9 Å². The predicted octanol–water partition coefficient (Wildman–Crippen LogP) is 12.4. The number of epoxide rings is 1. The first-order valence-electron chi connectivity index (χ1n) is 25.9. The number of ketones is 1. The number of carbonyl (C=O) groups is 3. The van der Waals surface area contributed by atoms with E-state index in [-0.39, 0.29) is 36.0 Å². The van der Waals surface area contributed by atoms with Crippen LogP contribution in [0.1, 0.15) is 239 Å². The number of hydrogen-bond acceptors (Lipinski definition) is 9. The van der Waals surface area contributed by atoms with E-state index in [1.807, 2.05) is 7.05 Å². The lowest BCUT2D eigenvalue weighted by atomic mass is 10.0. The molecule has 2 unspecified atom stereocenters. The lowest BCUT2D eigenvalue weighted by molar-refractivity contribution is -0.150. The molecule has 1 heterocycles. The summed E-state index contributed by atoms with van der Waals surface area (Å²) in [4.78, 5) is 40.2. The molecule has 0 amide bonds. The van der Waals surface area contributed by atoms with Crippen molar-refractivity contribution in [1.82, 2.24) is 15.5 Å². The molecule has 2 atom stereocenters. The van der Waals surface area contributed by atoms with E-state index in [1.165, 1.54) is 122 Å². The monoisotopic (exact) mass is 846 g/mol. The summed E-state index contributed by atoms with van der Waals surface area (Å²) in [6.45, 7) is 11.3. The van der Waals surface area contributed by atoms with Gasteiger partial charge in [0, 0.05) is 26.4 Å². The summed E-state index contributed by atoms with van der Waals surface area (Å²) in [5.74, 6) is 0.0578. The quantitative estimate of drug-likeness (QED) is 0.0352. The molecule has 0 aromatic carbocycles. The number of carbonyl (C=O) groups excluding carboxylic acids is 3.